The van der Waals surface area contributed by atoms with Crippen molar-refractivity contribution in [3.05, 3.63) is 17.7 Å². The van der Waals surface area contributed by atoms with E-state index in [9.17, 15) is 0 Å². The van der Waals surface area contributed by atoms with Crippen LogP contribution in [0.25, 0.3) is 0 Å². The zero-order valence-electron chi connectivity index (χ0n) is 16.1. The molecule has 0 amide bonds. The summed E-state index contributed by atoms with van der Waals surface area (Å²) in [6.45, 7) is 7.85. The van der Waals surface area contributed by atoms with E-state index >= 15 is 0 Å². The van der Waals surface area contributed by atoms with Crippen molar-refractivity contribution in [3.8, 4) is 17.2 Å². The molecule has 0 bridgehead atoms. The van der Waals surface area contributed by atoms with Crippen LogP contribution in [0.4, 0.5) is 0 Å². The number of hydrogen-bond donors (Lipinski definition) is 1. The van der Waals surface area contributed by atoms with Gasteiger partial charge in [0.05, 0.1) is 21.3 Å². The summed E-state index contributed by atoms with van der Waals surface area (Å²) >= 11 is 0. The maximum absolute atomic E-state index is 5.60. The Morgan fingerprint density at radius 1 is 0.958 bits per heavy atom. The molecular formula is C20H33NO3. The molecule has 24 heavy (non-hydrogen) atoms. The number of rotatable bonds is 6. The molecule has 1 aromatic carbocycles. The molecule has 0 saturated heterocycles. The highest BCUT2D eigenvalue weighted by Crippen LogP contribution is 2.41. The third kappa shape index (κ3) is 4.15. The summed E-state index contributed by atoms with van der Waals surface area (Å²) in [6.07, 6.45) is 5.22. The first-order chi connectivity index (χ1) is 11.4. The molecule has 1 aliphatic rings. The van der Waals surface area contributed by atoms with Crippen molar-refractivity contribution in [3.63, 3.8) is 0 Å². The Bertz CT molecular complexity index is 536. The average Bonchev–Trinajstić information content (AvgIpc) is 2.58. The third-order valence-electron chi connectivity index (χ3n) is 5.22. The molecule has 4 nitrogen and oxygen atoms in total. The van der Waals surface area contributed by atoms with E-state index in [1.54, 1.807) is 21.3 Å². The number of hydrogen-bond acceptors (Lipinski definition) is 4. The molecule has 0 radical (unpaired) electrons. The molecule has 0 aromatic heterocycles. The summed E-state index contributed by atoms with van der Waals surface area (Å²) < 4.78 is 16.5. The highest BCUT2D eigenvalue weighted by molar-refractivity contribution is 5.55. The molecule has 1 fully saturated rings. The minimum Gasteiger partial charge on any atom is -0.493 e. The summed E-state index contributed by atoms with van der Waals surface area (Å²) in [6, 6.07) is 4.55. The Balaban J connectivity index is 2.16. The van der Waals surface area contributed by atoms with Gasteiger partial charge in [0, 0.05) is 18.2 Å². The Morgan fingerprint density at radius 3 is 2.21 bits per heavy atom. The summed E-state index contributed by atoms with van der Waals surface area (Å²) in [5, 5.41) is 3.78. The van der Waals surface area contributed by atoms with Crippen molar-refractivity contribution in [1.29, 1.82) is 0 Å². The average molecular weight is 335 g/mol. The zero-order valence-corrected chi connectivity index (χ0v) is 16.1. The highest BCUT2D eigenvalue weighted by Gasteiger charge is 2.33. The van der Waals surface area contributed by atoms with Crippen LogP contribution < -0.4 is 19.5 Å². The largest absolute Gasteiger partial charge is 0.493 e. The quantitative estimate of drug-likeness (QED) is 0.836. The van der Waals surface area contributed by atoms with Crippen LogP contribution in [0.1, 0.15) is 52.0 Å². The SMILES string of the molecule is COc1ccc(CNC2CCCCC2C(C)(C)C)c(OC)c1OC. The summed E-state index contributed by atoms with van der Waals surface area (Å²) in [4.78, 5) is 0. The van der Waals surface area contributed by atoms with Gasteiger partial charge in [0.25, 0.3) is 0 Å². The normalized spacial score (nSPS) is 21.4. The molecule has 1 aromatic rings. The number of benzene rings is 1. The number of methoxy groups -OCH3 is 3. The lowest BCUT2D eigenvalue weighted by Crippen LogP contribution is -2.43. The van der Waals surface area contributed by atoms with Gasteiger partial charge in [-0.05, 0) is 30.2 Å². The van der Waals surface area contributed by atoms with Gasteiger partial charge in [-0.25, -0.2) is 0 Å². The fraction of sp³-hybridized carbons (Fsp3) is 0.700. The molecule has 0 aliphatic heterocycles. The Kier molecular flexibility index (Phi) is 6.39. The molecule has 1 N–H and O–H groups in total. The number of ether oxygens (including phenoxy) is 3. The minimum absolute atomic E-state index is 0.333. The standard InChI is InChI=1S/C20H33NO3/c1-20(2,3)15-9-7-8-10-16(15)21-13-14-11-12-17(22-4)19(24-6)18(14)23-5/h11-12,15-16,21H,7-10,13H2,1-6H3. The highest BCUT2D eigenvalue weighted by atomic mass is 16.5. The van der Waals surface area contributed by atoms with Crippen molar-refractivity contribution in [2.75, 3.05) is 21.3 Å². The Morgan fingerprint density at radius 2 is 1.62 bits per heavy atom. The first-order valence-electron chi connectivity index (χ1n) is 8.93. The monoisotopic (exact) mass is 335 g/mol. The molecular weight excluding hydrogens is 302 g/mol. The summed E-state index contributed by atoms with van der Waals surface area (Å²) in [5.74, 6) is 2.82. The van der Waals surface area contributed by atoms with Gasteiger partial charge in [-0.3, -0.25) is 0 Å². The lowest BCUT2D eigenvalue weighted by molar-refractivity contribution is 0.130. The predicted octanol–water partition coefficient (Wildman–Crippen LogP) is 4.41. The van der Waals surface area contributed by atoms with Crippen LogP contribution >= 0.6 is 0 Å². The molecule has 4 heteroatoms. The lowest BCUT2D eigenvalue weighted by Gasteiger charge is -2.41. The molecule has 2 rings (SSSR count). The van der Waals surface area contributed by atoms with Crippen LogP contribution in [-0.4, -0.2) is 27.4 Å². The second-order valence-corrected chi connectivity index (χ2v) is 7.74. The van der Waals surface area contributed by atoms with E-state index in [1.807, 2.05) is 6.07 Å². The van der Waals surface area contributed by atoms with Crippen LogP contribution in [0.2, 0.25) is 0 Å². The fourth-order valence-corrected chi connectivity index (χ4v) is 3.96. The predicted molar refractivity (Wildman–Crippen MR) is 98.1 cm³/mol. The van der Waals surface area contributed by atoms with E-state index in [0.717, 1.165) is 17.9 Å². The summed E-state index contributed by atoms with van der Waals surface area (Å²) in [7, 11) is 4.97. The zero-order chi connectivity index (χ0) is 17.7. The van der Waals surface area contributed by atoms with Gasteiger partial charge in [-0.15, -0.1) is 0 Å². The van der Waals surface area contributed by atoms with Crippen molar-refractivity contribution < 1.29 is 14.2 Å². The molecule has 1 aliphatic carbocycles. The molecule has 0 spiro atoms. The van der Waals surface area contributed by atoms with E-state index in [4.69, 9.17) is 14.2 Å². The minimum atomic E-state index is 0.333. The van der Waals surface area contributed by atoms with Gasteiger partial charge < -0.3 is 19.5 Å². The van der Waals surface area contributed by atoms with Crippen molar-refractivity contribution in [2.24, 2.45) is 11.3 Å². The van der Waals surface area contributed by atoms with Crippen molar-refractivity contribution in [2.45, 2.75) is 59.0 Å². The van der Waals surface area contributed by atoms with E-state index in [2.05, 4.69) is 32.2 Å². The first-order valence-corrected chi connectivity index (χ1v) is 8.93. The lowest BCUT2D eigenvalue weighted by atomic mass is 9.69. The Labute approximate surface area is 146 Å². The maximum atomic E-state index is 5.60. The van der Waals surface area contributed by atoms with E-state index in [-0.39, 0.29) is 0 Å². The molecule has 1 saturated carbocycles. The van der Waals surface area contributed by atoms with Gasteiger partial charge in [-0.2, -0.15) is 0 Å². The van der Waals surface area contributed by atoms with E-state index in [1.165, 1.54) is 25.7 Å². The maximum Gasteiger partial charge on any atom is 0.203 e. The second kappa shape index (κ2) is 8.11. The van der Waals surface area contributed by atoms with Crippen LogP contribution in [-0.2, 0) is 6.54 Å². The van der Waals surface area contributed by atoms with Crippen LogP contribution in [0.3, 0.4) is 0 Å². The van der Waals surface area contributed by atoms with Crippen LogP contribution in [0.15, 0.2) is 12.1 Å². The number of nitrogens with one attached hydrogen (secondary N) is 1. The molecule has 2 atom stereocenters. The van der Waals surface area contributed by atoms with Gasteiger partial charge in [0.15, 0.2) is 11.5 Å². The molecule has 136 valence electrons. The fourth-order valence-electron chi connectivity index (χ4n) is 3.96. The third-order valence-corrected chi connectivity index (χ3v) is 5.22. The summed E-state index contributed by atoms with van der Waals surface area (Å²) in [5.41, 5.74) is 1.44. The Hall–Kier alpha value is -1.42. The van der Waals surface area contributed by atoms with E-state index < -0.39 is 0 Å². The topological polar surface area (TPSA) is 39.7 Å². The van der Waals surface area contributed by atoms with Crippen molar-refractivity contribution in [1.82, 2.24) is 5.32 Å². The van der Waals surface area contributed by atoms with Gasteiger partial charge in [0.2, 0.25) is 5.75 Å². The first kappa shape index (κ1) is 18.9. The van der Waals surface area contributed by atoms with E-state index in [0.29, 0.717) is 28.9 Å². The smallest absolute Gasteiger partial charge is 0.203 e. The van der Waals surface area contributed by atoms with Crippen LogP contribution in [0.5, 0.6) is 17.2 Å². The van der Waals surface area contributed by atoms with Gasteiger partial charge >= 0.3 is 0 Å². The second-order valence-electron chi connectivity index (χ2n) is 7.74. The van der Waals surface area contributed by atoms with Gasteiger partial charge in [0.1, 0.15) is 0 Å². The van der Waals surface area contributed by atoms with Crippen LogP contribution in [0, 0.1) is 11.3 Å². The van der Waals surface area contributed by atoms with Gasteiger partial charge in [-0.1, -0.05) is 39.7 Å². The molecule has 0 heterocycles. The van der Waals surface area contributed by atoms with Crippen molar-refractivity contribution >= 4 is 0 Å². The molecule has 2 unspecified atom stereocenters.